The first-order valence-electron chi connectivity index (χ1n) is 11.0. The summed E-state index contributed by atoms with van der Waals surface area (Å²) in [6, 6.07) is 0. The summed E-state index contributed by atoms with van der Waals surface area (Å²) in [6.45, 7) is 6.87. The van der Waals surface area contributed by atoms with E-state index in [2.05, 4.69) is 32.8 Å². The summed E-state index contributed by atoms with van der Waals surface area (Å²) in [5.41, 5.74) is 0.802. The Kier molecular flexibility index (Phi) is 3.79. The van der Waals surface area contributed by atoms with Crippen LogP contribution in [0.1, 0.15) is 78.6 Å². The minimum absolute atomic E-state index is 0.00149. The summed E-state index contributed by atoms with van der Waals surface area (Å²) in [4.78, 5) is 0. The van der Waals surface area contributed by atoms with Crippen LogP contribution in [-0.4, -0.2) is 22.8 Å². The van der Waals surface area contributed by atoms with Gasteiger partial charge in [-0.25, -0.2) is 0 Å². The highest BCUT2D eigenvalue weighted by Gasteiger charge is 2.64. The largest absolute Gasteiger partial charge is 0.377 e. The van der Waals surface area contributed by atoms with Crippen LogP contribution in [0.2, 0.25) is 0 Å². The molecule has 0 radical (unpaired) electrons. The molecule has 0 bridgehead atoms. The first-order chi connectivity index (χ1) is 12.8. The number of hydrogen-bond acceptors (Lipinski definition) is 3. The first-order valence-corrected chi connectivity index (χ1v) is 11.0. The highest BCUT2D eigenvalue weighted by atomic mass is 16.9. The molecule has 0 aromatic carbocycles. The van der Waals surface area contributed by atoms with E-state index in [-0.39, 0.29) is 22.9 Å². The summed E-state index contributed by atoms with van der Waals surface area (Å²) >= 11 is 0. The van der Waals surface area contributed by atoms with Crippen molar-refractivity contribution in [2.45, 2.75) is 96.2 Å². The number of aliphatic hydroxyl groups is 1. The molecule has 5 aliphatic rings. The molecule has 6 atom stereocenters. The molecule has 4 aliphatic carbocycles. The van der Waals surface area contributed by atoms with Crippen molar-refractivity contribution in [3.05, 3.63) is 11.6 Å². The van der Waals surface area contributed by atoms with Gasteiger partial charge in [-0.3, -0.25) is 0 Å². The van der Waals surface area contributed by atoms with Gasteiger partial charge in [-0.2, -0.15) is 0 Å². The van der Waals surface area contributed by atoms with Gasteiger partial charge >= 0.3 is 0 Å². The molecule has 1 saturated heterocycles. The fourth-order valence-electron chi connectivity index (χ4n) is 7.71. The van der Waals surface area contributed by atoms with Gasteiger partial charge in [-0.15, -0.1) is 6.42 Å². The van der Waals surface area contributed by atoms with E-state index in [1.54, 1.807) is 5.57 Å². The molecule has 3 heteroatoms. The number of hydrogen-bond donors (Lipinski definition) is 1. The van der Waals surface area contributed by atoms with E-state index >= 15 is 0 Å². The molecule has 1 heterocycles. The van der Waals surface area contributed by atoms with Crippen molar-refractivity contribution >= 4 is 0 Å². The van der Waals surface area contributed by atoms with Gasteiger partial charge in [0.05, 0.1) is 0 Å². The Morgan fingerprint density at radius 2 is 1.89 bits per heavy atom. The van der Waals surface area contributed by atoms with E-state index in [0.29, 0.717) is 17.8 Å². The SMILES string of the molecule is C#C[C@]1(O)CC[C@H]2[C@@H]3CC=C4CC5(CC[C@]4(C)[C@H]3CC[C@@]21C)OC(CC)O5. The molecular weight excluding hydrogens is 336 g/mol. The van der Waals surface area contributed by atoms with Crippen molar-refractivity contribution in [2.75, 3.05) is 0 Å². The fraction of sp³-hybridized carbons (Fsp3) is 0.833. The molecule has 1 N–H and O–H groups in total. The number of terminal acetylenes is 1. The average molecular weight is 371 g/mol. The molecule has 0 aromatic heterocycles. The molecule has 3 nitrogen and oxygen atoms in total. The van der Waals surface area contributed by atoms with Gasteiger partial charge < -0.3 is 14.6 Å². The van der Waals surface area contributed by atoms with E-state index in [1.807, 2.05) is 0 Å². The zero-order chi connectivity index (χ0) is 19.1. The lowest BCUT2D eigenvalue weighted by Gasteiger charge is -2.61. The van der Waals surface area contributed by atoms with Crippen molar-refractivity contribution in [2.24, 2.45) is 28.6 Å². The second-order valence-corrected chi connectivity index (χ2v) is 10.4. The van der Waals surface area contributed by atoms with Crippen molar-refractivity contribution in [1.82, 2.24) is 0 Å². The lowest BCUT2D eigenvalue weighted by molar-refractivity contribution is -0.458. The lowest BCUT2D eigenvalue weighted by Crippen LogP contribution is -2.59. The normalized spacial score (nSPS) is 56.3. The molecule has 27 heavy (non-hydrogen) atoms. The van der Waals surface area contributed by atoms with Gasteiger partial charge in [0.1, 0.15) is 5.60 Å². The van der Waals surface area contributed by atoms with Gasteiger partial charge in [0, 0.05) is 18.3 Å². The van der Waals surface area contributed by atoms with Gasteiger partial charge in [0.2, 0.25) is 0 Å². The number of allylic oxidation sites excluding steroid dienone is 1. The molecule has 148 valence electrons. The minimum Gasteiger partial charge on any atom is -0.377 e. The number of ether oxygens (including phenoxy) is 2. The Morgan fingerprint density at radius 3 is 2.59 bits per heavy atom. The van der Waals surface area contributed by atoms with E-state index < -0.39 is 5.60 Å². The zero-order valence-corrected chi connectivity index (χ0v) is 17.1. The van der Waals surface area contributed by atoms with Crippen LogP contribution < -0.4 is 0 Å². The molecule has 0 unspecified atom stereocenters. The van der Waals surface area contributed by atoms with Crippen LogP contribution in [-0.2, 0) is 9.47 Å². The van der Waals surface area contributed by atoms with Gasteiger partial charge in [0.15, 0.2) is 12.1 Å². The molecule has 4 fully saturated rings. The Balaban J connectivity index is 1.42. The topological polar surface area (TPSA) is 38.7 Å². The highest BCUT2D eigenvalue weighted by molar-refractivity contribution is 5.29. The fourth-order valence-corrected chi connectivity index (χ4v) is 7.71. The Hall–Kier alpha value is -0.820. The van der Waals surface area contributed by atoms with Crippen LogP contribution in [0.3, 0.4) is 0 Å². The number of rotatable bonds is 1. The van der Waals surface area contributed by atoms with Crippen LogP contribution in [0.25, 0.3) is 0 Å². The third kappa shape index (κ3) is 2.21. The van der Waals surface area contributed by atoms with Crippen LogP contribution in [0.4, 0.5) is 0 Å². The quantitative estimate of drug-likeness (QED) is 0.533. The van der Waals surface area contributed by atoms with Crippen LogP contribution >= 0.6 is 0 Å². The summed E-state index contributed by atoms with van der Waals surface area (Å²) in [5.74, 6) is 4.35. The van der Waals surface area contributed by atoms with E-state index in [4.69, 9.17) is 15.9 Å². The maximum atomic E-state index is 11.1. The predicted molar refractivity (Wildman–Crippen MR) is 104 cm³/mol. The average Bonchev–Trinajstić information content (AvgIpc) is 2.91. The van der Waals surface area contributed by atoms with Gasteiger partial charge in [-0.1, -0.05) is 38.3 Å². The highest BCUT2D eigenvalue weighted by Crippen LogP contribution is 2.68. The van der Waals surface area contributed by atoms with Crippen molar-refractivity contribution in [3.63, 3.8) is 0 Å². The van der Waals surface area contributed by atoms with Gasteiger partial charge in [0.25, 0.3) is 0 Å². The van der Waals surface area contributed by atoms with Crippen molar-refractivity contribution < 1.29 is 14.6 Å². The molecule has 5 rings (SSSR count). The minimum atomic E-state index is -0.910. The van der Waals surface area contributed by atoms with E-state index in [1.165, 1.54) is 6.42 Å². The van der Waals surface area contributed by atoms with Crippen LogP contribution in [0, 0.1) is 40.9 Å². The maximum absolute atomic E-state index is 11.1. The monoisotopic (exact) mass is 370 g/mol. The Bertz CT molecular complexity index is 714. The Labute approximate surface area is 163 Å². The second kappa shape index (κ2) is 5.62. The Morgan fingerprint density at radius 1 is 1.15 bits per heavy atom. The summed E-state index contributed by atoms with van der Waals surface area (Å²) in [7, 11) is 0. The lowest BCUT2D eigenvalue weighted by atomic mass is 9.46. The van der Waals surface area contributed by atoms with Crippen LogP contribution in [0.5, 0.6) is 0 Å². The van der Waals surface area contributed by atoms with Crippen LogP contribution in [0.15, 0.2) is 11.6 Å². The van der Waals surface area contributed by atoms with Gasteiger partial charge in [-0.05, 0) is 68.1 Å². The van der Waals surface area contributed by atoms with Crippen molar-refractivity contribution in [1.29, 1.82) is 0 Å². The number of fused-ring (bicyclic) bond motifs is 5. The summed E-state index contributed by atoms with van der Waals surface area (Å²) in [6.07, 6.45) is 17.6. The standard InChI is InChI=1S/C24H34O3/c1-5-20-26-24(27-20)14-13-21(3)16(15-24)7-8-17-18(21)9-11-22(4)19(17)10-12-23(22,25)6-2/h2,7,17-20,25H,5,8-15H2,1,3-4H3/t17-,18+,19+,20?,21+,22+,23+,24?/m1/s1. The molecule has 1 spiro atoms. The molecule has 1 aliphatic heterocycles. The molecular formula is C24H34O3. The second-order valence-electron chi connectivity index (χ2n) is 10.4. The van der Waals surface area contributed by atoms with E-state index in [0.717, 1.165) is 51.4 Å². The summed E-state index contributed by atoms with van der Waals surface area (Å²) < 4.78 is 12.3. The third-order valence-electron chi connectivity index (χ3n) is 9.53. The summed E-state index contributed by atoms with van der Waals surface area (Å²) in [5, 5.41) is 11.1. The predicted octanol–water partition coefficient (Wildman–Crippen LogP) is 4.79. The molecule has 0 aromatic rings. The maximum Gasteiger partial charge on any atom is 0.178 e. The first kappa shape index (κ1) is 18.2. The smallest absolute Gasteiger partial charge is 0.178 e. The molecule has 0 amide bonds. The van der Waals surface area contributed by atoms with E-state index in [9.17, 15) is 5.11 Å². The van der Waals surface area contributed by atoms with Crippen molar-refractivity contribution in [3.8, 4) is 12.3 Å². The zero-order valence-electron chi connectivity index (χ0n) is 17.1. The third-order valence-corrected chi connectivity index (χ3v) is 9.53. The molecule has 3 saturated carbocycles.